The molecule has 262 valence electrons. The fourth-order valence-electron chi connectivity index (χ4n) is 8.28. The first kappa shape index (κ1) is 33.3. The molecule has 0 N–H and O–H groups in total. The highest BCUT2D eigenvalue weighted by atomic mass is 32.2. The van der Waals surface area contributed by atoms with Gasteiger partial charge in [0.15, 0.2) is 0 Å². The Labute approximate surface area is 321 Å². The van der Waals surface area contributed by atoms with Gasteiger partial charge in [0, 0.05) is 0 Å². The van der Waals surface area contributed by atoms with Crippen molar-refractivity contribution in [2.45, 2.75) is 19.6 Å². The molecule has 2 aliphatic rings. The molecule has 0 amide bonds. The van der Waals surface area contributed by atoms with Crippen molar-refractivity contribution in [3.63, 3.8) is 0 Å². The Bertz CT molecular complexity index is 2980. The topological polar surface area (TPSA) is 68.3 Å². The van der Waals surface area contributed by atoms with Gasteiger partial charge in [0.2, 0.25) is 26.4 Å². The molecular weight excluding hydrogens is 715 g/mol. The van der Waals surface area contributed by atoms with Crippen LogP contribution in [0.1, 0.15) is 0 Å². The number of rotatable bonds is 5. The molecule has 7 heteroatoms. The minimum Gasteiger partial charge on any atom is -0.219 e. The maximum atomic E-state index is 14.3. The first-order valence-corrected chi connectivity index (χ1v) is 21.1. The molecule has 4 nitrogen and oxygen atoms in total. The fraction of sp³-hybridized carbons (Fsp3) is 0. The Hall–Kier alpha value is -6.28. The summed E-state index contributed by atoms with van der Waals surface area (Å²) in [7, 11) is -8.04. The van der Waals surface area contributed by atoms with E-state index in [1.165, 1.54) is 11.1 Å². The molecule has 2 heterocycles. The second-order valence-corrected chi connectivity index (χ2v) is 17.9. The van der Waals surface area contributed by atoms with Crippen LogP contribution in [0.3, 0.4) is 0 Å². The van der Waals surface area contributed by atoms with Gasteiger partial charge < -0.3 is 0 Å². The first-order valence-electron chi connectivity index (χ1n) is 18.1. The van der Waals surface area contributed by atoms with E-state index < -0.39 is 26.4 Å². The molecule has 0 spiro atoms. The standard InChI is InChI=1S/C48H31BO4S2/c50-54(51)44-24-6-4-22-42(44)49-43-23-5-7-25-45(43)55(52,53)47-31-41(30-46(54)48(47)49)40-21-11-20-39(29-40)38-19-10-18-37(28-38)36-17-9-16-35(27-36)34-15-8-14-33(26-34)32-12-2-1-3-13-32/h1-31H. The molecule has 0 saturated carbocycles. The summed E-state index contributed by atoms with van der Waals surface area (Å²) < 4.78 is 57.2. The van der Waals surface area contributed by atoms with Crippen molar-refractivity contribution >= 4 is 42.8 Å². The van der Waals surface area contributed by atoms with Gasteiger partial charge in [-0.05, 0) is 121 Å². The lowest BCUT2D eigenvalue weighted by atomic mass is 9.36. The smallest absolute Gasteiger partial charge is 0.219 e. The van der Waals surface area contributed by atoms with Gasteiger partial charge >= 0.3 is 0 Å². The highest BCUT2D eigenvalue weighted by Gasteiger charge is 2.47. The Morgan fingerprint density at radius 3 is 0.982 bits per heavy atom. The minimum absolute atomic E-state index is 0.0448. The van der Waals surface area contributed by atoms with Crippen LogP contribution in [0.4, 0.5) is 0 Å². The molecule has 8 aromatic rings. The Kier molecular flexibility index (Phi) is 7.67. The summed E-state index contributed by atoms with van der Waals surface area (Å²) in [5, 5.41) is 0. The summed E-state index contributed by atoms with van der Waals surface area (Å²) in [6.07, 6.45) is 0. The Morgan fingerprint density at radius 2 is 0.582 bits per heavy atom. The molecule has 0 atom stereocenters. The predicted octanol–water partition coefficient (Wildman–Crippen LogP) is 8.83. The van der Waals surface area contributed by atoms with E-state index in [0.717, 1.165) is 38.9 Å². The molecule has 0 fully saturated rings. The van der Waals surface area contributed by atoms with Crippen LogP contribution in [0, 0.1) is 0 Å². The van der Waals surface area contributed by atoms with Crippen molar-refractivity contribution in [2.75, 3.05) is 0 Å². The van der Waals surface area contributed by atoms with Crippen LogP contribution in [0.2, 0.25) is 0 Å². The van der Waals surface area contributed by atoms with Crippen LogP contribution in [0.15, 0.2) is 208 Å². The molecule has 10 rings (SSSR count). The summed E-state index contributed by atoms with van der Waals surface area (Å²) in [6.45, 7) is -0.515. The normalized spacial score (nSPS) is 14.4. The number of sulfone groups is 2. The van der Waals surface area contributed by atoms with E-state index >= 15 is 0 Å². The van der Waals surface area contributed by atoms with Crippen molar-refractivity contribution in [3.05, 3.63) is 188 Å². The third kappa shape index (κ3) is 5.42. The fourth-order valence-corrected chi connectivity index (χ4v) is 11.9. The number of benzene rings is 8. The van der Waals surface area contributed by atoms with Crippen LogP contribution < -0.4 is 16.4 Å². The molecule has 0 unspecified atom stereocenters. The molecule has 0 bridgehead atoms. The largest absolute Gasteiger partial charge is 0.248 e. The third-order valence-corrected chi connectivity index (χ3v) is 14.6. The lowest BCUT2D eigenvalue weighted by Gasteiger charge is -2.33. The highest BCUT2D eigenvalue weighted by Crippen LogP contribution is 2.38. The zero-order valence-electron chi connectivity index (χ0n) is 29.4. The number of hydrogen-bond donors (Lipinski definition) is 0. The van der Waals surface area contributed by atoms with Gasteiger partial charge in [0.05, 0.1) is 19.6 Å². The van der Waals surface area contributed by atoms with E-state index in [0.29, 0.717) is 22.0 Å². The van der Waals surface area contributed by atoms with Crippen molar-refractivity contribution in [1.82, 2.24) is 0 Å². The predicted molar refractivity (Wildman–Crippen MR) is 222 cm³/mol. The van der Waals surface area contributed by atoms with E-state index in [9.17, 15) is 16.8 Å². The third-order valence-electron chi connectivity index (χ3n) is 10.9. The Balaban J connectivity index is 1.05. The van der Waals surface area contributed by atoms with Crippen molar-refractivity contribution in [3.8, 4) is 55.6 Å². The minimum atomic E-state index is -4.02. The van der Waals surface area contributed by atoms with E-state index in [-0.39, 0.29) is 19.6 Å². The second-order valence-electron chi connectivity index (χ2n) is 14.1. The maximum absolute atomic E-state index is 14.3. The number of hydrogen-bond acceptors (Lipinski definition) is 4. The van der Waals surface area contributed by atoms with Gasteiger partial charge in [0.1, 0.15) is 0 Å². The van der Waals surface area contributed by atoms with E-state index in [1.54, 1.807) is 60.7 Å². The van der Waals surface area contributed by atoms with Gasteiger partial charge in [-0.2, -0.15) is 0 Å². The summed E-state index contributed by atoms with van der Waals surface area (Å²) in [5.41, 5.74) is 11.4. The SMILES string of the molecule is O=S1(=O)c2ccccc2B2c3ccccc3S(=O)(=O)c3cc(-c4cccc(-c5cccc(-c6cccc(-c7cccc(-c8ccccc8)c7)c6)c5)c4)cc1c32. The van der Waals surface area contributed by atoms with Crippen LogP contribution in [-0.2, 0) is 19.7 Å². The van der Waals surface area contributed by atoms with Gasteiger partial charge in [0.25, 0.3) is 0 Å². The molecule has 55 heavy (non-hydrogen) atoms. The summed E-state index contributed by atoms with van der Waals surface area (Å²) in [4.78, 5) is 0.512. The molecule has 2 aliphatic heterocycles. The average Bonchev–Trinajstić information content (AvgIpc) is 3.24. The van der Waals surface area contributed by atoms with Crippen molar-refractivity contribution in [2.24, 2.45) is 0 Å². The second kappa shape index (κ2) is 12.7. The summed E-state index contributed by atoms with van der Waals surface area (Å²) >= 11 is 0. The zero-order valence-corrected chi connectivity index (χ0v) is 31.1. The van der Waals surface area contributed by atoms with Gasteiger partial charge in [-0.1, -0.05) is 140 Å². The lowest BCUT2D eigenvalue weighted by Crippen LogP contribution is -2.62. The van der Waals surface area contributed by atoms with Crippen LogP contribution >= 0.6 is 0 Å². The van der Waals surface area contributed by atoms with Crippen LogP contribution in [0.5, 0.6) is 0 Å². The van der Waals surface area contributed by atoms with E-state index in [2.05, 4.69) is 91.0 Å². The van der Waals surface area contributed by atoms with E-state index in [1.807, 2.05) is 36.4 Å². The van der Waals surface area contributed by atoms with Crippen LogP contribution in [-0.4, -0.2) is 23.5 Å². The molecule has 0 aliphatic carbocycles. The monoisotopic (exact) mass is 746 g/mol. The summed E-state index contributed by atoms with van der Waals surface area (Å²) in [5.74, 6) is 0. The Morgan fingerprint density at radius 1 is 0.273 bits per heavy atom. The van der Waals surface area contributed by atoms with Gasteiger partial charge in [-0.3, -0.25) is 0 Å². The lowest BCUT2D eigenvalue weighted by molar-refractivity contribution is 0.595. The molecule has 0 aromatic heterocycles. The zero-order chi connectivity index (χ0) is 37.3. The maximum Gasteiger partial charge on any atom is 0.248 e. The molecular formula is C48H31BO4S2. The molecule has 8 aromatic carbocycles. The molecule has 0 saturated heterocycles. The average molecular weight is 747 g/mol. The highest BCUT2D eigenvalue weighted by molar-refractivity contribution is 7.93. The van der Waals surface area contributed by atoms with Gasteiger partial charge in [-0.25, -0.2) is 16.8 Å². The van der Waals surface area contributed by atoms with Crippen molar-refractivity contribution < 1.29 is 16.8 Å². The van der Waals surface area contributed by atoms with E-state index in [4.69, 9.17) is 0 Å². The van der Waals surface area contributed by atoms with Gasteiger partial charge in [-0.15, -0.1) is 0 Å². The quantitative estimate of drug-likeness (QED) is 0.165. The first-order chi connectivity index (χ1) is 26.8. The van der Waals surface area contributed by atoms with Crippen molar-refractivity contribution in [1.29, 1.82) is 0 Å². The van der Waals surface area contributed by atoms with Crippen LogP contribution in [0.25, 0.3) is 55.6 Å². The molecule has 0 radical (unpaired) electrons. The number of fused-ring (bicyclic) bond motifs is 4. The summed E-state index contributed by atoms with van der Waals surface area (Å²) in [6, 6.07) is 60.9.